The highest BCUT2D eigenvalue weighted by atomic mass is 16.3. The molecule has 3 aromatic heterocycles. The van der Waals surface area contributed by atoms with Gasteiger partial charge >= 0.3 is 0 Å². The topological polar surface area (TPSA) is 43.9 Å². The van der Waals surface area contributed by atoms with Crippen molar-refractivity contribution in [3.8, 4) is 39.5 Å². The minimum Gasteiger partial charge on any atom is -0.455 e. The Bertz CT molecular complexity index is 4270. The third-order valence-corrected chi connectivity index (χ3v) is 13.4. The number of nitrogens with zero attached hydrogens (tertiary/aromatic N) is 3. The second kappa shape index (κ2) is 15.5. The average molecular weight is 858 g/mol. The number of hydrogen-bond donors (Lipinski definition) is 0. The van der Waals surface area contributed by atoms with Crippen molar-refractivity contribution in [2.24, 2.45) is 0 Å². The Morgan fingerprint density at radius 1 is 0.403 bits per heavy atom. The van der Waals surface area contributed by atoms with Crippen LogP contribution in [0.2, 0.25) is 0 Å². The van der Waals surface area contributed by atoms with Crippen molar-refractivity contribution in [3.05, 3.63) is 212 Å². The minimum atomic E-state index is 0.612. The summed E-state index contributed by atoms with van der Waals surface area (Å²) in [6.45, 7) is 4.25. The molecule has 14 aromatic rings. The molecule has 0 aliphatic carbocycles. The van der Waals surface area contributed by atoms with E-state index in [1.165, 1.54) is 44.3 Å². The summed E-state index contributed by atoms with van der Waals surface area (Å²) >= 11 is 0. The molecule has 4 nitrogen and oxygen atoms in total. The molecule has 0 fully saturated rings. The van der Waals surface area contributed by atoms with Crippen LogP contribution in [0.5, 0.6) is 0 Å². The second-order valence-corrected chi connectivity index (χ2v) is 17.5. The van der Waals surface area contributed by atoms with E-state index in [0.717, 1.165) is 93.4 Å². The molecule has 67 heavy (non-hydrogen) atoms. The number of furan rings is 1. The van der Waals surface area contributed by atoms with E-state index in [4.69, 9.17) is 14.4 Å². The molecule has 0 radical (unpaired) electrons. The van der Waals surface area contributed by atoms with Crippen LogP contribution < -0.4 is 0 Å². The molecule has 4 heteroatoms. The lowest BCUT2D eigenvalue weighted by Gasteiger charge is -2.16. The Kier molecular flexibility index (Phi) is 9.00. The fourth-order valence-electron chi connectivity index (χ4n) is 10.6. The lowest BCUT2D eigenvalue weighted by molar-refractivity contribution is 0.670. The summed E-state index contributed by atoms with van der Waals surface area (Å²) in [6, 6.07) is 76.0. The normalized spacial score (nSPS) is 11.8. The van der Waals surface area contributed by atoms with Crippen LogP contribution in [0.1, 0.15) is 20.3 Å². The van der Waals surface area contributed by atoms with Crippen LogP contribution in [-0.2, 0) is 0 Å². The van der Waals surface area contributed by atoms with E-state index in [1.807, 2.05) is 6.07 Å². The summed E-state index contributed by atoms with van der Waals surface area (Å²) in [5, 5.41) is 15.0. The monoisotopic (exact) mass is 857 g/mol. The first kappa shape index (κ1) is 38.8. The third kappa shape index (κ3) is 6.00. The zero-order chi connectivity index (χ0) is 44.6. The highest BCUT2D eigenvalue weighted by Crippen LogP contribution is 2.48. The molecule has 0 amide bonds. The summed E-state index contributed by atoms with van der Waals surface area (Å²) in [7, 11) is 0. The first-order valence-corrected chi connectivity index (χ1v) is 23.2. The Labute approximate surface area is 387 Å². The van der Waals surface area contributed by atoms with Gasteiger partial charge in [-0.3, -0.25) is 4.57 Å². The molecule has 0 aliphatic rings. The van der Waals surface area contributed by atoms with Gasteiger partial charge in [-0.15, -0.1) is 0 Å². The summed E-state index contributed by atoms with van der Waals surface area (Å²) < 4.78 is 9.27. The number of benzene rings is 11. The summed E-state index contributed by atoms with van der Waals surface area (Å²) in [6.07, 6.45) is 1.25. The maximum absolute atomic E-state index is 6.91. The Morgan fingerprint density at radius 2 is 0.955 bits per heavy atom. The van der Waals surface area contributed by atoms with Crippen molar-refractivity contribution >= 4 is 97.7 Å². The Balaban J connectivity index is 0.00000145. The van der Waals surface area contributed by atoms with Gasteiger partial charge in [0.1, 0.15) is 11.2 Å². The summed E-state index contributed by atoms with van der Waals surface area (Å²) in [4.78, 5) is 11.2. The fraction of sp³-hybridized carbons (Fsp3) is 0.0476. The molecule has 3 heterocycles. The van der Waals surface area contributed by atoms with Crippen LogP contribution in [-0.4, -0.2) is 14.5 Å². The van der Waals surface area contributed by atoms with Gasteiger partial charge < -0.3 is 4.42 Å². The van der Waals surface area contributed by atoms with Crippen LogP contribution in [0.3, 0.4) is 0 Å². The lowest BCUT2D eigenvalue weighted by Crippen LogP contribution is -2.04. The van der Waals surface area contributed by atoms with E-state index in [2.05, 4.69) is 225 Å². The first-order chi connectivity index (χ1) is 33.2. The van der Waals surface area contributed by atoms with Crippen LogP contribution in [0.4, 0.5) is 0 Å². The average Bonchev–Trinajstić information content (AvgIpc) is 3.94. The SMILES string of the molecule is CCC.c1ccc2c(-c3ccc(-c4nc(-n5c6c(-c7c8ccccc8cc8c7oc7ccccc78)cccc6c6c7ccccc7c7ccccc7c65)nc5ccccc45)cc3)cccc2c1. The molecule has 0 aliphatic heterocycles. The summed E-state index contributed by atoms with van der Waals surface area (Å²) in [5.74, 6) is 0.612. The van der Waals surface area contributed by atoms with Gasteiger partial charge in [0, 0.05) is 49.0 Å². The molecule has 0 spiro atoms. The van der Waals surface area contributed by atoms with Crippen molar-refractivity contribution < 1.29 is 4.42 Å². The lowest BCUT2D eigenvalue weighted by atomic mass is 9.93. The molecule has 0 N–H and O–H groups in total. The standard InChI is InChI=1S/C60H35N3O.C3H8/c1-3-18-40-36(15-1)17-13-26-41(40)37-31-33-38(34-32-37)56-48-25-9-11-29-52(48)61-60(62-56)63-57-49(54-46-23-7-5-20-43(46)44-21-6-8-24-47(44)58(54)63)27-14-28-50(57)55-42-19-4-2-16-39(42)35-51-45-22-10-12-30-53(45)64-59(51)55;1-3-2/h1-35H;3H2,1-2H3. The molecule has 0 unspecified atom stereocenters. The van der Waals surface area contributed by atoms with Gasteiger partial charge in [0.15, 0.2) is 0 Å². The van der Waals surface area contributed by atoms with Crippen LogP contribution in [0, 0.1) is 0 Å². The van der Waals surface area contributed by atoms with Crippen LogP contribution >= 0.6 is 0 Å². The van der Waals surface area contributed by atoms with E-state index in [-0.39, 0.29) is 0 Å². The van der Waals surface area contributed by atoms with Gasteiger partial charge in [-0.2, -0.15) is 0 Å². The van der Waals surface area contributed by atoms with Gasteiger partial charge in [0.25, 0.3) is 0 Å². The van der Waals surface area contributed by atoms with Crippen molar-refractivity contribution in [2.45, 2.75) is 20.3 Å². The van der Waals surface area contributed by atoms with Gasteiger partial charge in [-0.1, -0.05) is 214 Å². The second-order valence-electron chi connectivity index (χ2n) is 17.5. The molecule has 14 rings (SSSR count). The largest absolute Gasteiger partial charge is 0.455 e. The number of para-hydroxylation sites is 3. The van der Waals surface area contributed by atoms with E-state index in [9.17, 15) is 0 Å². The maximum Gasteiger partial charge on any atom is 0.235 e. The zero-order valence-corrected chi connectivity index (χ0v) is 37.2. The van der Waals surface area contributed by atoms with E-state index in [0.29, 0.717) is 5.95 Å². The Morgan fingerprint density at radius 3 is 1.75 bits per heavy atom. The van der Waals surface area contributed by atoms with Crippen molar-refractivity contribution in [2.75, 3.05) is 0 Å². The smallest absolute Gasteiger partial charge is 0.235 e. The first-order valence-electron chi connectivity index (χ1n) is 23.2. The fourth-order valence-corrected chi connectivity index (χ4v) is 10.6. The molecule has 0 atom stereocenters. The predicted molar refractivity (Wildman–Crippen MR) is 283 cm³/mol. The van der Waals surface area contributed by atoms with Crippen LogP contribution in [0.25, 0.3) is 137 Å². The highest BCUT2D eigenvalue weighted by molar-refractivity contribution is 6.34. The predicted octanol–water partition coefficient (Wildman–Crippen LogP) is 17.7. The van der Waals surface area contributed by atoms with Gasteiger partial charge in [0.05, 0.1) is 22.2 Å². The van der Waals surface area contributed by atoms with Gasteiger partial charge in [-0.05, 0) is 67.0 Å². The molecule has 0 saturated heterocycles. The highest BCUT2D eigenvalue weighted by Gasteiger charge is 2.26. The molecule has 0 bridgehead atoms. The van der Waals surface area contributed by atoms with Gasteiger partial charge in [-0.25, -0.2) is 9.97 Å². The summed E-state index contributed by atoms with van der Waals surface area (Å²) in [5.41, 5.74) is 11.1. The minimum absolute atomic E-state index is 0.612. The van der Waals surface area contributed by atoms with E-state index >= 15 is 0 Å². The number of aromatic nitrogens is 3. The van der Waals surface area contributed by atoms with E-state index in [1.54, 1.807) is 0 Å². The van der Waals surface area contributed by atoms with Crippen LogP contribution in [0.15, 0.2) is 217 Å². The third-order valence-electron chi connectivity index (χ3n) is 13.4. The van der Waals surface area contributed by atoms with Crippen molar-refractivity contribution in [1.29, 1.82) is 0 Å². The van der Waals surface area contributed by atoms with Crippen molar-refractivity contribution in [1.82, 2.24) is 14.5 Å². The zero-order valence-electron chi connectivity index (χ0n) is 37.2. The maximum atomic E-state index is 6.91. The van der Waals surface area contributed by atoms with Gasteiger partial charge in [0.2, 0.25) is 5.95 Å². The number of fused-ring (bicyclic) bond motifs is 14. The van der Waals surface area contributed by atoms with E-state index < -0.39 is 0 Å². The molecule has 316 valence electrons. The van der Waals surface area contributed by atoms with Crippen molar-refractivity contribution in [3.63, 3.8) is 0 Å². The molecular weight excluding hydrogens is 815 g/mol. The quantitative estimate of drug-likeness (QED) is 0.166. The number of rotatable bonds is 4. The molecule has 0 saturated carbocycles. The number of hydrogen-bond acceptors (Lipinski definition) is 3. The molecule has 11 aromatic carbocycles. The Hall–Kier alpha value is -8.60. The molecular formula is C63H43N3O.